The van der Waals surface area contributed by atoms with Crippen molar-refractivity contribution in [3.05, 3.63) is 35.1 Å². The molecule has 1 fully saturated rings. The van der Waals surface area contributed by atoms with E-state index in [1.54, 1.807) is 11.8 Å². The fourth-order valence-corrected chi connectivity index (χ4v) is 2.73. The van der Waals surface area contributed by atoms with Gasteiger partial charge in [0.2, 0.25) is 0 Å². The van der Waals surface area contributed by atoms with Crippen molar-refractivity contribution in [2.45, 2.75) is 32.1 Å². The van der Waals surface area contributed by atoms with Gasteiger partial charge in [0.15, 0.2) is 0 Å². The lowest BCUT2D eigenvalue weighted by molar-refractivity contribution is -0.142. The Morgan fingerprint density at radius 2 is 2.10 bits per heavy atom. The van der Waals surface area contributed by atoms with Crippen LogP contribution in [0.1, 0.15) is 24.5 Å². The summed E-state index contributed by atoms with van der Waals surface area (Å²) in [5, 5.41) is 9.03. The van der Waals surface area contributed by atoms with Crippen LogP contribution in [0.3, 0.4) is 0 Å². The average Bonchev–Trinajstić information content (AvgIpc) is 2.72. The first-order valence-corrected chi connectivity index (χ1v) is 6.52. The molecular formula is C14H15F4NO2. The third-order valence-corrected chi connectivity index (χ3v) is 3.95. The van der Waals surface area contributed by atoms with Gasteiger partial charge in [-0.3, -0.25) is 9.69 Å². The van der Waals surface area contributed by atoms with Crippen LogP contribution in [0.15, 0.2) is 18.2 Å². The fourth-order valence-electron chi connectivity index (χ4n) is 2.73. The molecule has 0 aromatic heterocycles. The third-order valence-electron chi connectivity index (χ3n) is 3.95. The Morgan fingerprint density at radius 3 is 2.62 bits per heavy atom. The Hall–Kier alpha value is -1.63. The number of carbonyl (C=O) groups is 1. The van der Waals surface area contributed by atoms with Crippen LogP contribution in [0.25, 0.3) is 0 Å². The van der Waals surface area contributed by atoms with Gasteiger partial charge in [0.05, 0.1) is 11.5 Å². The van der Waals surface area contributed by atoms with Gasteiger partial charge in [-0.25, -0.2) is 4.39 Å². The molecular weight excluding hydrogens is 290 g/mol. The number of halogens is 4. The van der Waals surface area contributed by atoms with Gasteiger partial charge in [0.1, 0.15) is 5.82 Å². The van der Waals surface area contributed by atoms with Crippen molar-refractivity contribution in [2.75, 3.05) is 6.54 Å². The molecule has 2 unspecified atom stereocenters. The summed E-state index contributed by atoms with van der Waals surface area (Å²) in [5.74, 6) is -2.47. The zero-order valence-electron chi connectivity index (χ0n) is 11.3. The van der Waals surface area contributed by atoms with Crippen molar-refractivity contribution in [3.8, 4) is 0 Å². The van der Waals surface area contributed by atoms with E-state index in [0.717, 1.165) is 12.1 Å². The maximum absolute atomic E-state index is 13.0. The second kappa shape index (κ2) is 5.63. The quantitative estimate of drug-likeness (QED) is 0.872. The van der Waals surface area contributed by atoms with Crippen LogP contribution in [-0.2, 0) is 17.5 Å². The Kier molecular flexibility index (Phi) is 4.22. The third kappa shape index (κ3) is 3.34. The minimum Gasteiger partial charge on any atom is -0.481 e. The highest BCUT2D eigenvalue weighted by Crippen LogP contribution is 2.34. The van der Waals surface area contributed by atoms with Crippen molar-refractivity contribution < 1.29 is 27.5 Å². The zero-order valence-corrected chi connectivity index (χ0v) is 11.3. The Bertz CT molecular complexity index is 544. The number of likely N-dealkylation sites (tertiary alicyclic amines) is 1. The van der Waals surface area contributed by atoms with Gasteiger partial charge in [0.25, 0.3) is 0 Å². The maximum atomic E-state index is 13.0. The molecule has 0 saturated carbocycles. The Labute approximate surface area is 119 Å². The molecule has 1 aliphatic rings. The van der Waals surface area contributed by atoms with Crippen LogP contribution in [0, 0.1) is 11.7 Å². The second-order valence-electron chi connectivity index (χ2n) is 5.24. The van der Waals surface area contributed by atoms with E-state index in [9.17, 15) is 22.4 Å². The molecule has 1 aliphatic heterocycles. The first-order chi connectivity index (χ1) is 9.70. The molecule has 2 atom stereocenters. The SMILES string of the molecule is CC1C(C(=O)O)CCN1Cc1ccc(F)cc1C(F)(F)F. The van der Waals surface area contributed by atoms with Gasteiger partial charge in [-0.15, -0.1) is 0 Å². The van der Waals surface area contributed by atoms with E-state index in [2.05, 4.69) is 0 Å². The van der Waals surface area contributed by atoms with E-state index >= 15 is 0 Å². The lowest BCUT2D eigenvalue weighted by Crippen LogP contribution is -2.33. The second-order valence-corrected chi connectivity index (χ2v) is 5.24. The van der Waals surface area contributed by atoms with Crippen molar-refractivity contribution in [2.24, 2.45) is 5.92 Å². The summed E-state index contributed by atoms with van der Waals surface area (Å²) in [6.07, 6.45) is -4.23. The van der Waals surface area contributed by atoms with Crippen LogP contribution >= 0.6 is 0 Å². The molecule has 21 heavy (non-hydrogen) atoms. The Balaban J connectivity index is 2.23. The normalized spacial score (nSPS) is 23.5. The van der Waals surface area contributed by atoms with Gasteiger partial charge in [-0.05, 0) is 37.6 Å². The molecule has 1 heterocycles. The fraction of sp³-hybridized carbons (Fsp3) is 0.500. The standard InChI is InChI=1S/C14H15F4NO2/c1-8-11(13(20)21)4-5-19(8)7-9-2-3-10(15)6-12(9)14(16,17)18/h2-3,6,8,11H,4-5,7H2,1H3,(H,20,21). The molecule has 7 heteroatoms. The molecule has 1 N–H and O–H groups in total. The summed E-state index contributed by atoms with van der Waals surface area (Å²) in [4.78, 5) is 12.7. The van der Waals surface area contributed by atoms with Gasteiger partial charge in [0, 0.05) is 12.6 Å². The number of nitrogens with zero attached hydrogens (tertiary/aromatic N) is 1. The van der Waals surface area contributed by atoms with Crippen LogP contribution in [0.2, 0.25) is 0 Å². The number of hydrogen-bond acceptors (Lipinski definition) is 2. The molecule has 0 amide bonds. The van der Waals surface area contributed by atoms with E-state index in [1.165, 1.54) is 0 Å². The summed E-state index contributed by atoms with van der Waals surface area (Å²) < 4.78 is 51.8. The van der Waals surface area contributed by atoms with Gasteiger partial charge < -0.3 is 5.11 Å². The molecule has 2 rings (SSSR count). The molecule has 3 nitrogen and oxygen atoms in total. The van der Waals surface area contributed by atoms with Crippen LogP contribution in [0.5, 0.6) is 0 Å². The van der Waals surface area contributed by atoms with E-state index < -0.39 is 29.4 Å². The molecule has 0 aliphatic carbocycles. The predicted octanol–water partition coefficient (Wildman–Crippen LogP) is 3.14. The van der Waals surface area contributed by atoms with Gasteiger partial charge >= 0.3 is 12.1 Å². The molecule has 1 aromatic rings. The van der Waals surface area contributed by atoms with Crippen LogP contribution < -0.4 is 0 Å². The van der Waals surface area contributed by atoms with E-state index in [1.807, 2.05) is 0 Å². The lowest BCUT2D eigenvalue weighted by Gasteiger charge is -2.24. The molecule has 0 bridgehead atoms. The highest BCUT2D eigenvalue weighted by molar-refractivity contribution is 5.71. The summed E-state index contributed by atoms with van der Waals surface area (Å²) in [6.45, 7) is 2.05. The first-order valence-electron chi connectivity index (χ1n) is 6.52. The minimum atomic E-state index is -4.63. The van der Waals surface area contributed by atoms with E-state index in [4.69, 9.17) is 5.11 Å². The van der Waals surface area contributed by atoms with Crippen LogP contribution in [-0.4, -0.2) is 28.6 Å². The van der Waals surface area contributed by atoms with E-state index in [0.29, 0.717) is 19.0 Å². The number of aliphatic carboxylic acids is 1. The topological polar surface area (TPSA) is 40.5 Å². The number of carboxylic acid groups (broad SMARTS) is 1. The zero-order chi connectivity index (χ0) is 15.8. The van der Waals surface area contributed by atoms with Crippen molar-refractivity contribution in [3.63, 3.8) is 0 Å². The average molecular weight is 305 g/mol. The van der Waals surface area contributed by atoms with E-state index in [-0.39, 0.29) is 18.2 Å². The molecule has 1 aromatic carbocycles. The smallest absolute Gasteiger partial charge is 0.416 e. The van der Waals surface area contributed by atoms with Gasteiger partial charge in [-0.2, -0.15) is 13.2 Å². The summed E-state index contributed by atoms with van der Waals surface area (Å²) in [5.41, 5.74) is -1.05. The monoisotopic (exact) mass is 305 g/mol. The van der Waals surface area contributed by atoms with Gasteiger partial charge in [-0.1, -0.05) is 6.07 Å². The predicted molar refractivity (Wildman–Crippen MR) is 67.0 cm³/mol. The molecule has 0 radical (unpaired) electrons. The highest BCUT2D eigenvalue weighted by Gasteiger charge is 2.38. The molecule has 0 spiro atoms. The number of alkyl halides is 3. The summed E-state index contributed by atoms with van der Waals surface area (Å²) in [6, 6.07) is 2.22. The number of hydrogen-bond donors (Lipinski definition) is 1. The van der Waals surface area contributed by atoms with Crippen molar-refractivity contribution in [1.29, 1.82) is 0 Å². The first kappa shape index (κ1) is 15.8. The lowest BCUT2D eigenvalue weighted by atomic mass is 10.0. The largest absolute Gasteiger partial charge is 0.481 e. The minimum absolute atomic E-state index is 0.0400. The Morgan fingerprint density at radius 1 is 1.43 bits per heavy atom. The number of carboxylic acids is 1. The number of benzene rings is 1. The molecule has 116 valence electrons. The number of rotatable bonds is 3. The van der Waals surface area contributed by atoms with Crippen LogP contribution in [0.4, 0.5) is 17.6 Å². The highest BCUT2D eigenvalue weighted by atomic mass is 19.4. The van der Waals surface area contributed by atoms with Crippen molar-refractivity contribution in [1.82, 2.24) is 4.90 Å². The summed E-state index contributed by atoms with van der Waals surface area (Å²) in [7, 11) is 0. The maximum Gasteiger partial charge on any atom is 0.416 e. The summed E-state index contributed by atoms with van der Waals surface area (Å²) >= 11 is 0. The van der Waals surface area contributed by atoms with Crippen molar-refractivity contribution >= 4 is 5.97 Å². The molecule has 1 saturated heterocycles.